The van der Waals surface area contributed by atoms with Gasteiger partial charge in [-0.25, -0.2) is 9.59 Å². The second-order valence-corrected chi connectivity index (χ2v) is 8.03. The van der Waals surface area contributed by atoms with Crippen LogP contribution in [-0.2, 0) is 29.3 Å². The van der Waals surface area contributed by atoms with Gasteiger partial charge in [-0.15, -0.1) is 0 Å². The van der Waals surface area contributed by atoms with Crippen LogP contribution in [-0.4, -0.2) is 67.9 Å². The van der Waals surface area contributed by atoms with E-state index in [-0.39, 0.29) is 36.1 Å². The number of methoxy groups -OCH3 is 1. The Bertz CT molecular complexity index is 1360. The fourth-order valence-electron chi connectivity index (χ4n) is 3.96. The number of benzene rings is 1. The van der Waals surface area contributed by atoms with Gasteiger partial charge in [0.25, 0.3) is 0 Å². The van der Waals surface area contributed by atoms with Crippen molar-refractivity contribution in [2.45, 2.75) is 44.2 Å². The smallest absolute Gasteiger partial charge is 0.413 e. The summed E-state index contributed by atoms with van der Waals surface area (Å²) in [7, 11) is 1.37. The molecule has 37 heavy (non-hydrogen) atoms. The van der Waals surface area contributed by atoms with Crippen LogP contribution >= 0.6 is 0 Å². The van der Waals surface area contributed by atoms with Crippen LogP contribution in [0.3, 0.4) is 0 Å². The van der Waals surface area contributed by atoms with Crippen molar-refractivity contribution in [1.82, 2.24) is 9.55 Å². The molecule has 3 heterocycles. The molecule has 0 bridgehead atoms. The van der Waals surface area contributed by atoms with Gasteiger partial charge in [0.15, 0.2) is 24.0 Å². The van der Waals surface area contributed by atoms with Crippen molar-refractivity contribution in [2.24, 2.45) is 0 Å². The maximum absolute atomic E-state index is 14.3. The third-order valence-electron chi connectivity index (χ3n) is 5.76. The van der Waals surface area contributed by atoms with Crippen molar-refractivity contribution in [3.05, 3.63) is 51.8 Å². The van der Waals surface area contributed by atoms with Crippen molar-refractivity contribution in [1.29, 1.82) is 0 Å². The Kier molecular flexibility index (Phi) is 7.42. The lowest BCUT2D eigenvalue weighted by atomic mass is 10.0. The number of halogens is 2. The number of rotatable bonds is 8. The number of aliphatic hydroxyl groups excluding tert-OH is 4. The first-order valence-corrected chi connectivity index (χ1v) is 10.8. The lowest BCUT2D eigenvalue weighted by molar-refractivity contribution is -0.140. The lowest BCUT2D eigenvalue weighted by Gasteiger charge is -2.21. The van der Waals surface area contributed by atoms with Gasteiger partial charge < -0.3 is 39.1 Å². The minimum atomic E-state index is -3.88. The zero-order valence-corrected chi connectivity index (χ0v) is 19.3. The van der Waals surface area contributed by atoms with Crippen LogP contribution in [0.25, 0.3) is 11.0 Å². The summed E-state index contributed by atoms with van der Waals surface area (Å²) in [4.78, 5) is 28.0. The fourth-order valence-corrected chi connectivity index (χ4v) is 3.96. The number of ether oxygens (including phenoxy) is 3. The Morgan fingerprint density at radius 2 is 2.03 bits per heavy atom. The molecule has 1 aliphatic heterocycles. The Morgan fingerprint density at radius 3 is 2.62 bits per heavy atom. The first kappa shape index (κ1) is 26.4. The molecule has 15 heteroatoms. The van der Waals surface area contributed by atoms with E-state index < -0.39 is 49.4 Å². The molecule has 200 valence electrons. The van der Waals surface area contributed by atoms with E-state index in [1.165, 1.54) is 7.11 Å². The number of alkyl halides is 2. The number of anilines is 1. The number of carbonyl (C=O) groups excluding carboxylic acids is 1. The van der Waals surface area contributed by atoms with Gasteiger partial charge in [0.2, 0.25) is 6.23 Å². The number of carbonyl (C=O) groups is 1. The van der Waals surface area contributed by atoms with Crippen LogP contribution < -0.4 is 15.7 Å². The molecule has 3 atom stereocenters. The lowest BCUT2D eigenvalue weighted by Crippen LogP contribution is -2.41. The highest BCUT2D eigenvalue weighted by atomic mass is 19.3. The monoisotopic (exact) mass is 527 g/mol. The van der Waals surface area contributed by atoms with E-state index in [0.717, 1.165) is 12.3 Å². The molecular formula is C22H23F2N3O10. The first-order chi connectivity index (χ1) is 17.6. The molecule has 1 saturated heterocycles. The van der Waals surface area contributed by atoms with Crippen molar-refractivity contribution in [3.63, 3.8) is 0 Å². The molecule has 0 unspecified atom stereocenters. The van der Waals surface area contributed by atoms with Gasteiger partial charge >= 0.3 is 17.7 Å². The summed E-state index contributed by atoms with van der Waals surface area (Å²) in [6.07, 6.45) is -6.28. The van der Waals surface area contributed by atoms with E-state index in [2.05, 4.69) is 10.3 Å². The summed E-state index contributed by atoms with van der Waals surface area (Å²) in [6.45, 7) is -1.99. The van der Waals surface area contributed by atoms with E-state index in [1.54, 1.807) is 12.1 Å². The van der Waals surface area contributed by atoms with Gasteiger partial charge in [0.1, 0.15) is 17.7 Å². The van der Waals surface area contributed by atoms with Crippen LogP contribution in [0.1, 0.15) is 23.1 Å². The number of aromatic nitrogens is 2. The van der Waals surface area contributed by atoms with Crippen molar-refractivity contribution in [2.75, 3.05) is 19.0 Å². The number of hydrogen-bond donors (Lipinski definition) is 5. The maximum atomic E-state index is 14.3. The second-order valence-electron chi connectivity index (χ2n) is 8.03. The van der Waals surface area contributed by atoms with Crippen molar-refractivity contribution < 1.29 is 52.6 Å². The van der Waals surface area contributed by atoms with Crippen LogP contribution in [0.5, 0.6) is 5.75 Å². The molecule has 1 fully saturated rings. The highest BCUT2D eigenvalue weighted by Gasteiger charge is 2.59. The Balaban J connectivity index is 1.44. The number of amides is 1. The van der Waals surface area contributed by atoms with E-state index in [9.17, 15) is 33.7 Å². The standard InChI is InChI=1S/C22H23F2N3O10/c1-34-17-13(7-29)11(6-28)4-10-5-12(36-16(10)17)9-35-21(33)26-15-2-3-27(20(32)25-15)19-22(23,24)18(31)14(8-30)37-19/h2-5,14,18-19,28-31H,6-9H2,1H3,(H,25,26,32,33)/t14-,18-,19-/m1/s1. The molecule has 0 spiro atoms. The van der Waals surface area contributed by atoms with Gasteiger partial charge in [0.05, 0.1) is 26.9 Å². The molecule has 4 rings (SSSR count). The molecule has 2 aromatic heterocycles. The Labute approximate surface area is 206 Å². The first-order valence-electron chi connectivity index (χ1n) is 10.8. The van der Waals surface area contributed by atoms with E-state index in [1.807, 2.05) is 0 Å². The third kappa shape index (κ3) is 4.86. The fraction of sp³-hybridized carbons (Fsp3) is 0.409. The number of nitrogens with zero attached hydrogens (tertiary/aromatic N) is 2. The highest BCUT2D eigenvalue weighted by Crippen LogP contribution is 2.42. The van der Waals surface area contributed by atoms with Crippen LogP contribution in [0.4, 0.5) is 19.4 Å². The summed E-state index contributed by atoms with van der Waals surface area (Å²) in [5.74, 6) is -3.77. The van der Waals surface area contributed by atoms with E-state index >= 15 is 0 Å². The number of hydrogen-bond acceptors (Lipinski definition) is 11. The quantitative estimate of drug-likeness (QED) is 0.276. The second kappa shape index (κ2) is 10.4. The normalized spacial score (nSPS) is 20.8. The molecule has 0 radical (unpaired) electrons. The van der Waals surface area contributed by atoms with Gasteiger partial charge in [-0.3, -0.25) is 9.88 Å². The SMILES string of the molecule is COc1c(CO)c(CO)cc2cc(COC(=O)Nc3ccn([C@@H]4O[C@H](CO)[C@@H](O)C4(F)F)c(=O)n3)oc12. The minimum absolute atomic E-state index is 0.198. The topological polar surface area (TPSA) is 186 Å². The molecule has 13 nitrogen and oxygen atoms in total. The average molecular weight is 527 g/mol. The van der Waals surface area contributed by atoms with Gasteiger partial charge in [-0.05, 0) is 23.8 Å². The average Bonchev–Trinajstić information content (AvgIpc) is 3.39. The number of fused-ring (bicyclic) bond motifs is 1. The molecule has 5 N–H and O–H groups in total. The van der Waals surface area contributed by atoms with Crippen LogP contribution in [0.2, 0.25) is 0 Å². The summed E-state index contributed by atoms with van der Waals surface area (Å²) in [5, 5.41) is 40.5. The molecule has 0 saturated carbocycles. The minimum Gasteiger partial charge on any atom is -0.492 e. The summed E-state index contributed by atoms with van der Waals surface area (Å²) < 4.78 is 49.9. The largest absolute Gasteiger partial charge is 0.492 e. The number of nitrogens with one attached hydrogen (secondary N) is 1. The zero-order valence-electron chi connectivity index (χ0n) is 19.3. The van der Waals surface area contributed by atoms with Crippen LogP contribution in [0.15, 0.2) is 33.6 Å². The summed E-state index contributed by atoms with van der Waals surface area (Å²) in [5.41, 5.74) is -0.162. The van der Waals surface area contributed by atoms with Gasteiger partial charge in [0, 0.05) is 17.1 Å². The molecule has 0 aliphatic carbocycles. The highest BCUT2D eigenvalue weighted by molar-refractivity contribution is 5.87. The molecular weight excluding hydrogens is 504 g/mol. The number of furan rings is 1. The molecule has 1 amide bonds. The van der Waals surface area contributed by atoms with Gasteiger partial charge in [-0.2, -0.15) is 13.8 Å². The third-order valence-corrected chi connectivity index (χ3v) is 5.76. The Morgan fingerprint density at radius 1 is 1.27 bits per heavy atom. The van der Waals surface area contributed by atoms with Crippen molar-refractivity contribution >= 4 is 22.9 Å². The van der Waals surface area contributed by atoms with Gasteiger partial charge in [-0.1, -0.05) is 0 Å². The van der Waals surface area contributed by atoms with Crippen LogP contribution in [0, 0.1) is 0 Å². The molecule has 1 aromatic carbocycles. The predicted octanol–water partition coefficient (Wildman–Crippen LogP) is 0.617. The van der Waals surface area contributed by atoms with E-state index in [4.69, 9.17) is 23.7 Å². The Hall–Kier alpha value is -3.63. The van der Waals surface area contributed by atoms with Crippen molar-refractivity contribution in [3.8, 4) is 5.75 Å². The maximum Gasteiger partial charge on any atom is 0.413 e. The van der Waals surface area contributed by atoms with E-state index in [0.29, 0.717) is 21.1 Å². The number of aliphatic hydroxyl groups is 4. The molecule has 3 aromatic rings. The predicted molar refractivity (Wildman–Crippen MR) is 119 cm³/mol. The summed E-state index contributed by atoms with van der Waals surface area (Å²) in [6, 6.07) is 4.18. The zero-order chi connectivity index (χ0) is 26.9. The summed E-state index contributed by atoms with van der Waals surface area (Å²) >= 11 is 0. The molecule has 1 aliphatic rings.